The molecule has 1 aliphatic heterocycles. The molecule has 0 aliphatic carbocycles. The Labute approximate surface area is 220 Å². The minimum Gasteiger partial charge on any atom is -0.368 e. The molecule has 1 aromatic heterocycles. The van der Waals surface area contributed by atoms with Gasteiger partial charge in [0.2, 0.25) is 0 Å². The molecule has 180 valence electrons. The molecule has 0 bridgehead atoms. The Balaban J connectivity index is 1.19. The summed E-state index contributed by atoms with van der Waals surface area (Å²) >= 11 is 5.79. The van der Waals surface area contributed by atoms with Crippen LogP contribution in [0.3, 0.4) is 0 Å². The Hall–Kier alpha value is -4.29. The van der Waals surface area contributed by atoms with E-state index in [0.29, 0.717) is 0 Å². The fourth-order valence-corrected chi connectivity index (χ4v) is 5.67. The first-order valence-corrected chi connectivity index (χ1v) is 13.0. The molecular weight excluding hydrogens is 474 g/mol. The number of rotatable bonds is 2. The second-order valence-electron chi connectivity index (χ2n) is 9.46. The van der Waals surface area contributed by atoms with E-state index in [1.54, 1.807) is 0 Å². The number of anilines is 2. The van der Waals surface area contributed by atoms with Crippen LogP contribution in [0.15, 0.2) is 97.1 Å². The Bertz CT molecular complexity index is 1790. The Kier molecular flexibility index (Phi) is 5.33. The summed E-state index contributed by atoms with van der Waals surface area (Å²) in [5.74, 6) is 0. The van der Waals surface area contributed by atoms with E-state index < -0.39 is 0 Å². The van der Waals surface area contributed by atoms with Gasteiger partial charge in [0, 0.05) is 48.3 Å². The maximum absolute atomic E-state index is 5.79. The predicted octanol–water partition coefficient (Wildman–Crippen LogP) is 6.61. The molecule has 6 aromatic rings. The molecule has 0 amide bonds. The lowest BCUT2D eigenvalue weighted by Crippen LogP contribution is -2.50. The van der Waals surface area contributed by atoms with E-state index in [1.165, 1.54) is 16.5 Å². The second-order valence-corrected chi connectivity index (χ2v) is 9.84. The molecule has 0 spiro atoms. The molecule has 1 aliphatic rings. The van der Waals surface area contributed by atoms with Crippen LogP contribution < -0.4 is 10.2 Å². The SMILES string of the molecule is S=C(Nc1ccc2nc3c4ccccc4c4ccccc4c3nc2c1)N1CCN(c2ccccc2)CC1. The third kappa shape index (κ3) is 3.90. The van der Waals surface area contributed by atoms with Crippen molar-refractivity contribution in [2.24, 2.45) is 0 Å². The van der Waals surface area contributed by atoms with Gasteiger partial charge in [-0.3, -0.25) is 0 Å². The summed E-state index contributed by atoms with van der Waals surface area (Å²) in [6.45, 7) is 3.67. The number of hydrogen-bond donors (Lipinski definition) is 1. The van der Waals surface area contributed by atoms with Crippen LogP contribution in [0.5, 0.6) is 0 Å². The van der Waals surface area contributed by atoms with E-state index in [2.05, 4.69) is 100 Å². The fraction of sp³-hybridized carbons (Fsp3) is 0.129. The summed E-state index contributed by atoms with van der Waals surface area (Å²) in [7, 11) is 0. The molecule has 0 unspecified atom stereocenters. The third-order valence-electron chi connectivity index (χ3n) is 7.26. The van der Waals surface area contributed by atoms with Crippen molar-refractivity contribution < 1.29 is 0 Å². The molecule has 2 heterocycles. The van der Waals surface area contributed by atoms with Crippen LogP contribution in [0.1, 0.15) is 0 Å². The number of fused-ring (bicyclic) bond motifs is 7. The zero-order valence-electron chi connectivity index (χ0n) is 20.3. The van der Waals surface area contributed by atoms with Crippen LogP contribution in [-0.4, -0.2) is 46.2 Å². The lowest BCUT2D eigenvalue weighted by Gasteiger charge is -2.37. The van der Waals surface area contributed by atoms with E-state index in [1.807, 2.05) is 12.1 Å². The summed E-state index contributed by atoms with van der Waals surface area (Å²) in [6, 6.07) is 33.6. The zero-order chi connectivity index (χ0) is 24.8. The number of hydrogen-bond acceptors (Lipinski definition) is 4. The Morgan fingerprint density at radius 1 is 0.622 bits per heavy atom. The number of thiocarbonyl (C=S) groups is 1. The Morgan fingerprint density at radius 3 is 1.84 bits per heavy atom. The fourth-order valence-electron chi connectivity index (χ4n) is 5.37. The van der Waals surface area contributed by atoms with Gasteiger partial charge in [-0.05, 0) is 53.3 Å². The predicted molar refractivity (Wildman–Crippen MR) is 159 cm³/mol. The molecule has 1 fully saturated rings. The molecule has 0 radical (unpaired) electrons. The van der Waals surface area contributed by atoms with Crippen LogP contribution in [0.25, 0.3) is 43.6 Å². The topological polar surface area (TPSA) is 44.3 Å². The van der Waals surface area contributed by atoms with Gasteiger partial charge in [0.15, 0.2) is 5.11 Å². The van der Waals surface area contributed by atoms with E-state index in [4.69, 9.17) is 22.2 Å². The van der Waals surface area contributed by atoms with Crippen LogP contribution in [0.4, 0.5) is 11.4 Å². The van der Waals surface area contributed by atoms with Crippen molar-refractivity contribution in [3.05, 3.63) is 97.1 Å². The number of para-hydroxylation sites is 1. The van der Waals surface area contributed by atoms with E-state index in [-0.39, 0.29) is 0 Å². The zero-order valence-corrected chi connectivity index (χ0v) is 21.1. The van der Waals surface area contributed by atoms with Gasteiger partial charge in [-0.1, -0.05) is 66.7 Å². The van der Waals surface area contributed by atoms with Gasteiger partial charge in [0.1, 0.15) is 0 Å². The summed E-state index contributed by atoms with van der Waals surface area (Å²) in [5, 5.41) is 8.84. The molecule has 5 nitrogen and oxygen atoms in total. The highest BCUT2D eigenvalue weighted by molar-refractivity contribution is 7.80. The first kappa shape index (κ1) is 21.9. The molecule has 37 heavy (non-hydrogen) atoms. The van der Waals surface area contributed by atoms with Crippen molar-refractivity contribution in [3.8, 4) is 0 Å². The number of nitrogens with one attached hydrogen (secondary N) is 1. The highest BCUT2D eigenvalue weighted by Crippen LogP contribution is 2.34. The van der Waals surface area contributed by atoms with Gasteiger partial charge in [0.25, 0.3) is 0 Å². The lowest BCUT2D eigenvalue weighted by atomic mass is 9.99. The molecule has 1 N–H and O–H groups in total. The van der Waals surface area contributed by atoms with E-state index >= 15 is 0 Å². The van der Waals surface area contributed by atoms with Crippen LogP contribution >= 0.6 is 12.2 Å². The smallest absolute Gasteiger partial charge is 0.173 e. The van der Waals surface area contributed by atoms with Crippen molar-refractivity contribution in [1.29, 1.82) is 0 Å². The average molecular weight is 500 g/mol. The van der Waals surface area contributed by atoms with Gasteiger partial charge in [0.05, 0.1) is 22.1 Å². The number of nitrogens with zero attached hydrogens (tertiary/aromatic N) is 4. The number of piperazine rings is 1. The molecule has 6 heteroatoms. The third-order valence-corrected chi connectivity index (χ3v) is 7.62. The maximum Gasteiger partial charge on any atom is 0.173 e. The quantitative estimate of drug-likeness (QED) is 0.164. The first-order chi connectivity index (χ1) is 18.2. The van der Waals surface area contributed by atoms with Crippen LogP contribution in [0, 0.1) is 0 Å². The van der Waals surface area contributed by atoms with Crippen LogP contribution in [0.2, 0.25) is 0 Å². The van der Waals surface area contributed by atoms with Crippen molar-refractivity contribution in [2.45, 2.75) is 0 Å². The molecular formula is C31H25N5S. The second kappa shape index (κ2) is 8.98. The highest BCUT2D eigenvalue weighted by atomic mass is 32.1. The summed E-state index contributed by atoms with van der Waals surface area (Å²) in [4.78, 5) is 14.8. The monoisotopic (exact) mass is 499 g/mol. The van der Waals surface area contributed by atoms with Crippen molar-refractivity contribution in [3.63, 3.8) is 0 Å². The minimum atomic E-state index is 0.747. The molecule has 1 saturated heterocycles. The molecule has 7 rings (SSSR count). The van der Waals surface area contributed by atoms with Crippen molar-refractivity contribution >= 4 is 72.3 Å². The average Bonchev–Trinajstić information content (AvgIpc) is 2.97. The lowest BCUT2D eigenvalue weighted by molar-refractivity contribution is 0.391. The van der Waals surface area contributed by atoms with E-state index in [9.17, 15) is 0 Å². The highest BCUT2D eigenvalue weighted by Gasteiger charge is 2.19. The molecule has 5 aromatic carbocycles. The summed E-state index contributed by atoms with van der Waals surface area (Å²) in [6.07, 6.45) is 0. The molecule has 0 atom stereocenters. The summed E-state index contributed by atoms with van der Waals surface area (Å²) in [5.41, 5.74) is 5.80. The van der Waals surface area contributed by atoms with Crippen molar-refractivity contribution in [2.75, 3.05) is 36.4 Å². The van der Waals surface area contributed by atoms with Crippen LogP contribution in [-0.2, 0) is 0 Å². The van der Waals surface area contributed by atoms with Gasteiger partial charge in [-0.2, -0.15) is 0 Å². The van der Waals surface area contributed by atoms with Gasteiger partial charge < -0.3 is 15.1 Å². The largest absolute Gasteiger partial charge is 0.368 e. The number of aromatic nitrogens is 2. The normalized spacial score (nSPS) is 14.1. The molecule has 0 saturated carbocycles. The number of benzene rings is 5. The first-order valence-electron chi connectivity index (χ1n) is 12.6. The standard InChI is InChI=1S/C31H25N5S/c37-31(36-18-16-35(17-19-36)22-8-2-1-3-9-22)32-21-14-15-27-28(20-21)34-30-26-13-7-5-11-24(26)23-10-4-6-12-25(23)29(30)33-27/h1-15,20H,16-19H2,(H,32,37). The summed E-state index contributed by atoms with van der Waals surface area (Å²) < 4.78 is 0. The van der Waals surface area contributed by atoms with E-state index in [0.717, 1.165) is 69.8 Å². The van der Waals surface area contributed by atoms with Gasteiger partial charge in [-0.15, -0.1) is 0 Å². The maximum atomic E-state index is 5.79. The van der Waals surface area contributed by atoms with Gasteiger partial charge in [-0.25, -0.2) is 9.97 Å². The minimum absolute atomic E-state index is 0.747. The van der Waals surface area contributed by atoms with Gasteiger partial charge >= 0.3 is 0 Å². The Morgan fingerprint density at radius 2 is 1.19 bits per heavy atom. The van der Waals surface area contributed by atoms with Crippen molar-refractivity contribution in [1.82, 2.24) is 14.9 Å².